The fourth-order valence-electron chi connectivity index (χ4n) is 2.65. The number of anilines is 1. The van der Waals surface area contributed by atoms with E-state index < -0.39 is 5.97 Å². The molecule has 1 aromatic rings. The van der Waals surface area contributed by atoms with Crippen LogP contribution in [-0.2, 0) is 20.9 Å². The van der Waals surface area contributed by atoms with Gasteiger partial charge >= 0.3 is 5.97 Å². The van der Waals surface area contributed by atoms with Crippen molar-refractivity contribution in [3.8, 4) is 0 Å². The Morgan fingerprint density at radius 1 is 1.30 bits per heavy atom. The molecule has 3 rings (SSSR count). The van der Waals surface area contributed by atoms with Gasteiger partial charge in [0.15, 0.2) is 0 Å². The average Bonchev–Trinajstić information content (AvgIpc) is 2.71. The number of rotatable bonds is 3. The number of aromatic nitrogens is 1. The molecule has 2 N–H and O–H groups in total. The van der Waals surface area contributed by atoms with Gasteiger partial charge in [0.1, 0.15) is 5.82 Å². The predicted molar refractivity (Wildman–Crippen MR) is 82.3 cm³/mol. The van der Waals surface area contributed by atoms with Crippen LogP contribution in [0, 0.1) is 0 Å². The number of pyridine rings is 1. The van der Waals surface area contributed by atoms with Crippen molar-refractivity contribution < 1.29 is 19.4 Å². The van der Waals surface area contributed by atoms with Gasteiger partial charge in [0.25, 0.3) is 0 Å². The third-order valence-electron chi connectivity index (χ3n) is 3.73. The van der Waals surface area contributed by atoms with E-state index in [9.17, 15) is 9.59 Å². The number of hydrazine groups is 1. The Labute approximate surface area is 133 Å². The molecule has 23 heavy (non-hydrogen) atoms. The maximum atomic E-state index is 12.1. The molecule has 122 valence electrons. The van der Waals surface area contributed by atoms with Crippen molar-refractivity contribution in [2.45, 2.75) is 6.54 Å². The van der Waals surface area contributed by atoms with Crippen molar-refractivity contribution in [3.63, 3.8) is 0 Å². The van der Waals surface area contributed by atoms with Gasteiger partial charge in [-0.1, -0.05) is 0 Å². The zero-order valence-corrected chi connectivity index (χ0v) is 12.6. The largest absolute Gasteiger partial charge is 0.478 e. The lowest BCUT2D eigenvalue weighted by Crippen LogP contribution is -2.50. The van der Waals surface area contributed by atoms with E-state index >= 15 is 0 Å². The van der Waals surface area contributed by atoms with Gasteiger partial charge in [-0.2, -0.15) is 0 Å². The summed E-state index contributed by atoms with van der Waals surface area (Å²) in [7, 11) is 0. The lowest BCUT2D eigenvalue weighted by Gasteiger charge is -2.36. The van der Waals surface area contributed by atoms with E-state index in [-0.39, 0.29) is 12.5 Å². The van der Waals surface area contributed by atoms with E-state index in [1.54, 1.807) is 6.20 Å². The molecule has 8 nitrogen and oxygen atoms in total. The summed E-state index contributed by atoms with van der Waals surface area (Å²) in [5.74, 6) is -0.599. The summed E-state index contributed by atoms with van der Waals surface area (Å²) in [4.78, 5) is 26.9. The van der Waals surface area contributed by atoms with Crippen LogP contribution < -0.4 is 5.32 Å². The lowest BCUT2D eigenvalue weighted by atomic mass is 10.1. The third-order valence-corrected chi connectivity index (χ3v) is 3.73. The number of carboxylic acid groups (broad SMARTS) is 1. The number of morpholine rings is 1. The Balaban J connectivity index is 1.84. The van der Waals surface area contributed by atoms with Crippen molar-refractivity contribution in [2.75, 3.05) is 38.2 Å². The van der Waals surface area contributed by atoms with Crippen LogP contribution in [0.3, 0.4) is 0 Å². The summed E-state index contributed by atoms with van der Waals surface area (Å²) < 4.78 is 5.35. The lowest BCUT2D eigenvalue weighted by molar-refractivity contribution is -0.131. The number of carboxylic acids is 1. The first-order chi connectivity index (χ1) is 11.1. The van der Waals surface area contributed by atoms with Crippen LogP contribution >= 0.6 is 0 Å². The highest BCUT2D eigenvalue weighted by Crippen LogP contribution is 2.21. The summed E-state index contributed by atoms with van der Waals surface area (Å²) in [6.45, 7) is 3.57. The Kier molecular flexibility index (Phi) is 4.65. The average molecular weight is 318 g/mol. The molecule has 0 bridgehead atoms. The molecule has 8 heteroatoms. The predicted octanol–water partition coefficient (Wildman–Crippen LogP) is 0.181. The molecular formula is C15H18N4O4. The molecule has 0 unspecified atom stereocenters. The Hall–Kier alpha value is -2.29. The summed E-state index contributed by atoms with van der Waals surface area (Å²) in [6, 6.07) is 1.85. The molecule has 0 spiro atoms. The SMILES string of the molecule is O=C(O)C=Cc1cnc2c(c1)CN(N1CCOCC1)CC(=O)N2. The summed E-state index contributed by atoms with van der Waals surface area (Å²) in [5.41, 5.74) is 1.54. The van der Waals surface area contributed by atoms with E-state index in [2.05, 4.69) is 15.3 Å². The van der Waals surface area contributed by atoms with Gasteiger partial charge < -0.3 is 15.2 Å². The third kappa shape index (κ3) is 3.92. The zero-order chi connectivity index (χ0) is 16.2. The minimum atomic E-state index is -1.01. The fraction of sp³-hybridized carbons (Fsp3) is 0.400. The molecule has 3 heterocycles. The van der Waals surface area contributed by atoms with Crippen molar-refractivity contribution in [2.24, 2.45) is 0 Å². The van der Waals surface area contributed by atoms with E-state index in [4.69, 9.17) is 9.84 Å². The number of fused-ring (bicyclic) bond motifs is 1. The second-order valence-corrected chi connectivity index (χ2v) is 5.38. The van der Waals surface area contributed by atoms with E-state index in [1.165, 1.54) is 6.08 Å². The molecule has 1 saturated heterocycles. The smallest absolute Gasteiger partial charge is 0.328 e. The highest BCUT2D eigenvalue weighted by molar-refractivity contribution is 5.92. The van der Waals surface area contributed by atoms with Crippen LogP contribution in [0.2, 0.25) is 0 Å². The van der Waals surface area contributed by atoms with Crippen LogP contribution in [0.5, 0.6) is 0 Å². The number of nitrogens with one attached hydrogen (secondary N) is 1. The topological polar surface area (TPSA) is 95.0 Å². The molecule has 2 aliphatic rings. The number of amides is 1. The summed E-state index contributed by atoms with van der Waals surface area (Å²) in [6.07, 6.45) is 4.10. The van der Waals surface area contributed by atoms with Gasteiger partial charge in [0, 0.05) is 37.5 Å². The van der Waals surface area contributed by atoms with Crippen molar-refractivity contribution in [1.82, 2.24) is 15.0 Å². The number of carbonyl (C=O) groups excluding carboxylic acids is 1. The van der Waals surface area contributed by atoms with Crippen molar-refractivity contribution in [3.05, 3.63) is 29.5 Å². The number of hydrogen-bond acceptors (Lipinski definition) is 6. The van der Waals surface area contributed by atoms with E-state index in [0.29, 0.717) is 31.1 Å². The standard InChI is InChI=1S/C15H18N4O4/c20-13-10-19(18-3-5-23-6-4-18)9-12-7-11(1-2-14(21)22)8-16-15(12)17-13/h1-2,7-8H,3-6,9-10H2,(H,21,22)(H,16,17,20). The normalized spacial score (nSPS) is 20.1. The van der Waals surface area contributed by atoms with Gasteiger partial charge in [0.05, 0.1) is 19.8 Å². The Morgan fingerprint density at radius 2 is 2.09 bits per heavy atom. The summed E-state index contributed by atoms with van der Waals surface area (Å²) >= 11 is 0. The fourth-order valence-corrected chi connectivity index (χ4v) is 2.65. The molecule has 0 atom stereocenters. The zero-order valence-electron chi connectivity index (χ0n) is 12.6. The molecule has 1 amide bonds. The van der Waals surface area contributed by atoms with E-state index in [1.807, 2.05) is 11.1 Å². The highest BCUT2D eigenvalue weighted by Gasteiger charge is 2.25. The molecule has 0 radical (unpaired) electrons. The molecule has 1 fully saturated rings. The van der Waals surface area contributed by atoms with Crippen LogP contribution in [-0.4, -0.2) is 64.8 Å². The number of aliphatic carboxylic acids is 1. The van der Waals surface area contributed by atoms with Crippen LogP contribution in [0.15, 0.2) is 18.3 Å². The monoisotopic (exact) mass is 318 g/mol. The minimum Gasteiger partial charge on any atom is -0.478 e. The van der Waals surface area contributed by atoms with Gasteiger partial charge in [0.2, 0.25) is 5.91 Å². The van der Waals surface area contributed by atoms with Crippen LogP contribution in [0.4, 0.5) is 5.82 Å². The highest BCUT2D eigenvalue weighted by atomic mass is 16.5. The molecule has 0 aliphatic carbocycles. The van der Waals surface area contributed by atoms with Crippen LogP contribution in [0.25, 0.3) is 6.08 Å². The van der Waals surface area contributed by atoms with Crippen molar-refractivity contribution in [1.29, 1.82) is 0 Å². The number of hydrogen-bond donors (Lipinski definition) is 2. The number of nitrogens with zero attached hydrogens (tertiary/aromatic N) is 3. The van der Waals surface area contributed by atoms with Gasteiger partial charge in [-0.05, 0) is 17.7 Å². The first-order valence-corrected chi connectivity index (χ1v) is 7.39. The quantitative estimate of drug-likeness (QED) is 0.768. The molecule has 1 aromatic heterocycles. The van der Waals surface area contributed by atoms with Gasteiger partial charge in [-0.3, -0.25) is 4.79 Å². The van der Waals surface area contributed by atoms with Gasteiger partial charge in [-0.15, -0.1) is 0 Å². The first kappa shape index (κ1) is 15.6. The molecule has 0 saturated carbocycles. The van der Waals surface area contributed by atoms with Gasteiger partial charge in [-0.25, -0.2) is 19.8 Å². The second-order valence-electron chi connectivity index (χ2n) is 5.38. The summed E-state index contributed by atoms with van der Waals surface area (Å²) in [5, 5.41) is 15.6. The Bertz CT molecular complexity index is 640. The Morgan fingerprint density at radius 3 is 2.83 bits per heavy atom. The maximum absolute atomic E-state index is 12.1. The number of ether oxygens (including phenoxy) is 1. The molecular weight excluding hydrogens is 300 g/mol. The van der Waals surface area contributed by atoms with E-state index in [0.717, 1.165) is 24.7 Å². The molecule has 0 aromatic carbocycles. The van der Waals surface area contributed by atoms with Crippen molar-refractivity contribution >= 4 is 23.8 Å². The second kappa shape index (κ2) is 6.86. The number of carbonyl (C=O) groups is 2. The van der Waals surface area contributed by atoms with Crippen LogP contribution in [0.1, 0.15) is 11.1 Å². The first-order valence-electron chi connectivity index (χ1n) is 7.39. The minimum absolute atomic E-state index is 0.114. The maximum Gasteiger partial charge on any atom is 0.328 e. The molecule has 2 aliphatic heterocycles.